The van der Waals surface area contributed by atoms with Crippen LogP contribution in [0.5, 0.6) is 0 Å². The van der Waals surface area contributed by atoms with Gasteiger partial charge in [-0.05, 0) is 18.9 Å². The average molecular weight is 432 g/mol. The zero-order chi connectivity index (χ0) is 22.7. The van der Waals surface area contributed by atoms with E-state index >= 15 is 0 Å². The van der Waals surface area contributed by atoms with Gasteiger partial charge < -0.3 is 9.80 Å². The lowest BCUT2D eigenvalue weighted by atomic mass is 10.0. The molecule has 1 aliphatic heterocycles. The number of benzene rings is 2. The van der Waals surface area contributed by atoms with Crippen LogP contribution in [0.15, 0.2) is 60.8 Å². The van der Waals surface area contributed by atoms with E-state index in [2.05, 4.69) is 10.2 Å². The van der Waals surface area contributed by atoms with Crippen LogP contribution in [0.3, 0.4) is 0 Å². The van der Waals surface area contributed by atoms with Crippen LogP contribution in [-0.2, 0) is 11.2 Å². The zero-order valence-electron chi connectivity index (χ0n) is 18.8. The molecule has 0 saturated carbocycles. The number of aryl methyl sites for hydroxylation is 1. The first-order valence-electron chi connectivity index (χ1n) is 11.1. The average Bonchev–Trinajstić information content (AvgIpc) is 3.29. The van der Waals surface area contributed by atoms with E-state index in [1.54, 1.807) is 11.1 Å². The Bertz CT molecular complexity index is 1080. The molecule has 2 aromatic carbocycles. The normalized spacial score (nSPS) is 16.4. The number of carbonyl (C=O) groups is 2. The van der Waals surface area contributed by atoms with Crippen molar-refractivity contribution in [3.8, 4) is 11.3 Å². The van der Waals surface area contributed by atoms with E-state index in [4.69, 9.17) is 0 Å². The molecule has 0 bridgehead atoms. The Kier molecular flexibility index (Phi) is 6.35. The number of hydrogen-bond acceptors (Lipinski definition) is 4. The van der Waals surface area contributed by atoms with Crippen molar-refractivity contribution in [1.29, 1.82) is 0 Å². The smallest absolute Gasteiger partial charge is 0.339 e. The van der Waals surface area contributed by atoms with Crippen LogP contribution in [0, 0.1) is 12.8 Å². The molecule has 1 unspecified atom stereocenters. The molecule has 1 atom stereocenters. The maximum absolute atomic E-state index is 13.4. The summed E-state index contributed by atoms with van der Waals surface area (Å²) in [6.45, 7) is 7.32. The number of rotatable bonds is 4. The fourth-order valence-electron chi connectivity index (χ4n) is 4.06. The highest BCUT2D eigenvalue weighted by Gasteiger charge is 2.34. The first-order valence-corrected chi connectivity index (χ1v) is 11.1. The summed E-state index contributed by atoms with van der Waals surface area (Å²) in [5, 5.41) is 8.69. The summed E-state index contributed by atoms with van der Waals surface area (Å²) in [7, 11) is 0. The topological polar surface area (TPSA) is 71.3 Å². The highest BCUT2D eigenvalue weighted by molar-refractivity contribution is 5.79. The van der Waals surface area contributed by atoms with Crippen molar-refractivity contribution in [3.63, 3.8) is 0 Å². The second-order valence-electron chi connectivity index (χ2n) is 8.64. The molecule has 7 heteroatoms. The third kappa shape index (κ3) is 4.72. The minimum atomic E-state index is -0.263. The number of carbonyl (C=O) groups excluding carboxylic acids is 2. The van der Waals surface area contributed by atoms with E-state index < -0.39 is 0 Å². The summed E-state index contributed by atoms with van der Waals surface area (Å²) in [5.41, 5.74) is 3.87. The fraction of sp³-hybridized carbons (Fsp3) is 0.360. The van der Waals surface area contributed by atoms with Gasteiger partial charge in [0, 0.05) is 31.1 Å². The molecule has 32 heavy (non-hydrogen) atoms. The second kappa shape index (κ2) is 9.34. The van der Waals surface area contributed by atoms with Crippen molar-refractivity contribution in [2.24, 2.45) is 5.92 Å². The Hall–Kier alpha value is -3.48. The molecule has 2 heterocycles. The van der Waals surface area contributed by atoms with E-state index in [-0.39, 0.29) is 23.9 Å². The van der Waals surface area contributed by atoms with Gasteiger partial charge in [0.1, 0.15) is 5.69 Å². The summed E-state index contributed by atoms with van der Waals surface area (Å²) in [4.78, 5) is 30.8. The molecule has 4 rings (SSSR count). The third-order valence-corrected chi connectivity index (χ3v) is 5.86. The molecule has 3 aromatic rings. The number of amides is 2. The van der Waals surface area contributed by atoms with Gasteiger partial charge in [-0.25, -0.2) is 4.79 Å². The number of piperazine rings is 1. The Morgan fingerprint density at radius 2 is 1.75 bits per heavy atom. The Labute approximate surface area is 188 Å². The molecule has 166 valence electrons. The van der Waals surface area contributed by atoms with Crippen LogP contribution in [0.2, 0.25) is 0 Å². The number of nitrogens with zero attached hydrogens (tertiary/aromatic N) is 5. The maximum Gasteiger partial charge on any atom is 0.362 e. The van der Waals surface area contributed by atoms with Gasteiger partial charge >= 0.3 is 6.03 Å². The van der Waals surface area contributed by atoms with E-state index in [1.807, 2.05) is 80.3 Å². The summed E-state index contributed by atoms with van der Waals surface area (Å²) in [6.07, 6.45) is 2.29. The first kappa shape index (κ1) is 21.7. The van der Waals surface area contributed by atoms with Gasteiger partial charge in [-0.1, -0.05) is 78.8 Å². The van der Waals surface area contributed by atoms with Crippen LogP contribution in [0.4, 0.5) is 4.79 Å². The summed E-state index contributed by atoms with van der Waals surface area (Å²) < 4.78 is 0. The van der Waals surface area contributed by atoms with E-state index in [0.29, 0.717) is 31.7 Å². The molecule has 1 aliphatic rings. The van der Waals surface area contributed by atoms with Crippen LogP contribution in [-0.4, -0.2) is 62.4 Å². The van der Waals surface area contributed by atoms with Crippen molar-refractivity contribution in [2.75, 3.05) is 19.6 Å². The predicted octanol–water partition coefficient (Wildman–Crippen LogP) is 3.63. The van der Waals surface area contributed by atoms with Gasteiger partial charge in [0.05, 0.1) is 12.2 Å². The lowest BCUT2D eigenvalue weighted by Crippen LogP contribution is -2.58. The molecular weight excluding hydrogens is 402 g/mol. The van der Waals surface area contributed by atoms with E-state index in [9.17, 15) is 9.59 Å². The lowest BCUT2D eigenvalue weighted by molar-refractivity contribution is -0.137. The fourth-order valence-corrected chi connectivity index (χ4v) is 4.06. The third-order valence-electron chi connectivity index (χ3n) is 5.86. The van der Waals surface area contributed by atoms with Crippen LogP contribution in [0.25, 0.3) is 11.3 Å². The molecule has 0 spiro atoms. The minimum Gasteiger partial charge on any atom is -0.339 e. The Balaban J connectivity index is 1.56. The van der Waals surface area contributed by atoms with Crippen LogP contribution < -0.4 is 0 Å². The molecule has 2 amide bonds. The van der Waals surface area contributed by atoms with E-state index in [0.717, 1.165) is 16.7 Å². The standard InChI is InChI=1S/C25H29N5O2/c1-18(2)24(31)28-13-14-29(22(17-28)15-20-7-5-4-6-8-20)25(32)30-26-16-23(27-30)21-11-9-19(3)10-12-21/h4-12,16,18,22H,13-15,17H2,1-3H3. The molecule has 7 nitrogen and oxygen atoms in total. The monoisotopic (exact) mass is 431 g/mol. The molecule has 0 aliphatic carbocycles. The molecule has 1 fully saturated rings. The molecular formula is C25H29N5O2. The second-order valence-corrected chi connectivity index (χ2v) is 8.64. The van der Waals surface area contributed by atoms with E-state index in [1.165, 1.54) is 4.80 Å². The van der Waals surface area contributed by atoms with Crippen molar-refractivity contribution in [2.45, 2.75) is 33.2 Å². The molecule has 0 radical (unpaired) electrons. The van der Waals surface area contributed by atoms with Gasteiger partial charge in [0.15, 0.2) is 0 Å². The summed E-state index contributed by atoms with van der Waals surface area (Å²) in [5.74, 6) is 0.0495. The van der Waals surface area contributed by atoms with Crippen molar-refractivity contribution < 1.29 is 9.59 Å². The minimum absolute atomic E-state index is 0.0699. The van der Waals surface area contributed by atoms with Crippen LogP contribution in [0.1, 0.15) is 25.0 Å². The number of aromatic nitrogens is 3. The highest BCUT2D eigenvalue weighted by atomic mass is 16.2. The molecule has 1 aromatic heterocycles. The van der Waals surface area contributed by atoms with Gasteiger partial charge in [0.25, 0.3) is 0 Å². The largest absolute Gasteiger partial charge is 0.362 e. The summed E-state index contributed by atoms with van der Waals surface area (Å²) in [6, 6.07) is 17.6. The maximum atomic E-state index is 13.4. The SMILES string of the molecule is Cc1ccc(-c2cnn(C(=O)N3CCN(C(=O)C(C)C)CC3Cc3ccccc3)n2)cc1. The Morgan fingerprint density at radius 3 is 2.44 bits per heavy atom. The number of hydrogen-bond donors (Lipinski definition) is 0. The lowest BCUT2D eigenvalue weighted by Gasteiger charge is -2.41. The quantitative estimate of drug-likeness (QED) is 0.632. The predicted molar refractivity (Wildman–Crippen MR) is 123 cm³/mol. The van der Waals surface area contributed by atoms with Crippen molar-refractivity contribution in [1.82, 2.24) is 24.8 Å². The Morgan fingerprint density at radius 1 is 1.03 bits per heavy atom. The van der Waals surface area contributed by atoms with Gasteiger partial charge in [0.2, 0.25) is 5.91 Å². The zero-order valence-corrected chi connectivity index (χ0v) is 18.8. The summed E-state index contributed by atoms with van der Waals surface area (Å²) >= 11 is 0. The first-order chi connectivity index (χ1) is 15.4. The molecule has 0 N–H and O–H groups in total. The molecule has 1 saturated heterocycles. The van der Waals surface area contributed by atoms with Gasteiger partial charge in [-0.2, -0.15) is 5.10 Å². The van der Waals surface area contributed by atoms with Gasteiger partial charge in [-0.3, -0.25) is 4.79 Å². The van der Waals surface area contributed by atoms with Crippen molar-refractivity contribution >= 4 is 11.9 Å². The highest BCUT2D eigenvalue weighted by Crippen LogP contribution is 2.20. The van der Waals surface area contributed by atoms with Gasteiger partial charge in [-0.15, -0.1) is 5.10 Å². The van der Waals surface area contributed by atoms with Crippen LogP contribution >= 0.6 is 0 Å². The van der Waals surface area contributed by atoms with Crippen molar-refractivity contribution in [3.05, 3.63) is 71.9 Å².